The first-order chi connectivity index (χ1) is 12.1. The SMILES string of the molecule is C[C@H](c1ccccc1)N(CC(N)=O)Cc1cn(CC2=CCCC2)nn1. The molecule has 1 atom stereocenters. The fourth-order valence-electron chi connectivity index (χ4n) is 3.26. The van der Waals surface area contributed by atoms with Gasteiger partial charge in [-0.15, -0.1) is 5.10 Å². The molecule has 132 valence electrons. The molecule has 6 heteroatoms. The van der Waals surface area contributed by atoms with Gasteiger partial charge in [-0.2, -0.15) is 0 Å². The maximum Gasteiger partial charge on any atom is 0.231 e. The lowest BCUT2D eigenvalue weighted by atomic mass is 10.1. The van der Waals surface area contributed by atoms with Gasteiger partial charge in [-0.3, -0.25) is 9.69 Å². The molecule has 0 fully saturated rings. The van der Waals surface area contributed by atoms with E-state index in [1.165, 1.54) is 12.0 Å². The Bertz CT molecular complexity index is 737. The monoisotopic (exact) mass is 339 g/mol. The van der Waals surface area contributed by atoms with E-state index in [1.54, 1.807) is 0 Å². The molecular weight excluding hydrogens is 314 g/mol. The highest BCUT2D eigenvalue weighted by molar-refractivity contribution is 5.76. The van der Waals surface area contributed by atoms with Crippen LogP contribution >= 0.6 is 0 Å². The number of amides is 1. The summed E-state index contributed by atoms with van der Waals surface area (Å²) in [5.74, 6) is -0.341. The molecule has 6 nitrogen and oxygen atoms in total. The van der Waals surface area contributed by atoms with Crippen LogP contribution in [0.3, 0.4) is 0 Å². The molecule has 0 saturated heterocycles. The summed E-state index contributed by atoms with van der Waals surface area (Å²) in [5, 5.41) is 8.50. The largest absolute Gasteiger partial charge is 0.369 e. The number of carbonyl (C=O) groups excluding carboxylic acids is 1. The summed E-state index contributed by atoms with van der Waals surface area (Å²) in [4.78, 5) is 13.5. The highest BCUT2D eigenvalue weighted by Crippen LogP contribution is 2.22. The minimum Gasteiger partial charge on any atom is -0.369 e. The van der Waals surface area contributed by atoms with E-state index in [4.69, 9.17) is 5.73 Å². The number of aromatic nitrogens is 3. The van der Waals surface area contributed by atoms with Crippen LogP contribution in [0.25, 0.3) is 0 Å². The summed E-state index contributed by atoms with van der Waals surface area (Å²) in [6.07, 6.45) is 7.80. The normalized spacial score (nSPS) is 15.4. The van der Waals surface area contributed by atoms with Crippen LogP contribution in [-0.2, 0) is 17.9 Å². The average Bonchev–Trinajstić information content (AvgIpc) is 3.26. The van der Waals surface area contributed by atoms with Crippen molar-refractivity contribution in [3.05, 3.63) is 59.4 Å². The number of hydrogen-bond acceptors (Lipinski definition) is 4. The Morgan fingerprint density at radius 3 is 2.84 bits per heavy atom. The first-order valence-corrected chi connectivity index (χ1v) is 8.76. The third kappa shape index (κ3) is 4.76. The molecule has 0 radical (unpaired) electrons. The number of carbonyl (C=O) groups is 1. The number of allylic oxidation sites excluding steroid dienone is 2. The number of rotatable bonds is 8. The van der Waals surface area contributed by atoms with Crippen molar-refractivity contribution in [2.24, 2.45) is 5.73 Å². The van der Waals surface area contributed by atoms with Crippen molar-refractivity contribution >= 4 is 5.91 Å². The molecular formula is C19H25N5O. The van der Waals surface area contributed by atoms with Crippen LogP contribution < -0.4 is 5.73 Å². The van der Waals surface area contributed by atoms with Crippen molar-refractivity contribution in [3.8, 4) is 0 Å². The van der Waals surface area contributed by atoms with Gasteiger partial charge in [-0.1, -0.05) is 47.2 Å². The van der Waals surface area contributed by atoms with E-state index in [0.29, 0.717) is 6.54 Å². The molecule has 2 aromatic rings. The Hall–Kier alpha value is -2.47. The molecule has 2 N–H and O–H groups in total. The number of nitrogens with zero attached hydrogens (tertiary/aromatic N) is 4. The number of hydrogen-bond donors (Lipinski definition) is 1. The second kappa shape index (κ2) is 8.07. The van der Waals surface area contributed by atoms with Crippen LogP contribution in [0.1, 0.15) is 43.5 Å². The van der Waals surface area contributed by atoms with Crippen molar-refractivity contribution in [2.75, 3.05) is 6.54 Å². The summed E-state index contributed by atoms with van der Waals surface area (Å²) in [6, 6.07) is 10.2. The zero-order valence-electron chi connectivity index (χ0n) is 14.6. The highest BCUT2D eigenvalue weighted by Gasteiger charge is 2.19. The molecule has 0 saturated carbocycles. The number of primary amides is 1. The van der Waals surface area contributed by atoms with Gasteiger partial charge in [0.25, 0.3) is 0 Å². The van der Waals surface area contributed by atoms with E-state index in [-0.39, 0.29) is 18.5 Å². The van der Waals surface area contributed by atoms with Gasteiger partial charge in [-0.25, -0.2) is 4.68 Å². The lowest BCUT2D eigenvalue weighted by molar-refractivity contribution is -0.119. The summed E-state index contributed by atoms with van der Waals surface area (Å²) < 4.78 is 1.88. The van der Waals surface area contributed by atoms with E-state index in [2.05, 4.69) is 35.4 Å². The van der Waals surface area contributed by atoms with Crippen molar-refractivity contribution in [2.45, 2.75) is 45.3 Å². The molecule has 0 aliphatic heterocycles. The number of nitrogens with two attached hydrogens (primary N) is 1. The smallest absolute Gasteiger partial charge is 0.231 e. The van der Waals surface area contributed by atoms with E-state index in [0.717, 1.165) is 30.6 Å². The van der Waals surface area contributed by atoms with Crippen LogP contribution in [0.2, 0.25) is 0 Å². The fourth-order valence-corrected chi connectivity index (χ4v) is 3.26. The first-order valence-electron chi connectivity index (χ1n) is 8.76. The molecule has 1 heterocycles. The lowest BCUT2D eigenvalue weighted by Gasteiger charge is -2.27. The second-order valence-corrected chi connectivity index (χ2v) is 6.62. The number of benzene rings is 1. The molecule has 0 bridgehead atoms. The van der Waals surface area contributed by atoms with Crippen LogP contribution in [0, 0.1) is 0 Å². The van der Waals surface area contributed by atoms with Crippen molar-refractivity contribution in [1.82, 2.24) is 19.9 Å². The molecule has 1 aromatic carbocycles. The van der Waals surface area contributed by atoms with E-state index < -0.39 is 0 Å². The van der Waals surface area contributed by atoms with E-state index >= 15 is 0 Å². The molecule has 1 amide bonds. The summed E-state index contributed by atoms with van der Waals surface area (Å²) in [7, 11) is 0. The van der Waals surface area contributed by atoms with E-state index in [1.807, 2.05) is 34.0 Å². The Kier molecular flexibility index (Phi) is 5.60. The van der Waals surface area contributed by atoms with Crippen molar-refractivity contribution < 1.29 is 4.79 Å². The summed E-state index contributed by atoms with van der Waals surface area (Å²) in [5.41, 5.74) is 8.86. The minimum absolute atomic E-state index is 0.0661. The van der Waals surface area contributed by atoms with Gasteiger partial charge in [0.15, 0.2) is 0 Å². The van der Waals surface area contributed by atoms with Gasteiger partial charge < -0.3 is 5.73 Å². The maximum atomic E-state index is 11.5. The molecule has 0 spiro atoms. The minimum atomic E-state index is -0.341. The molecule has 25 heavy (non-hydrogen) atoms. The molecule has 1 aromatic heterocycles. The van der Waals surface area contributed by atoms with Crippen LogP contribution in [0.15, 0.2) is 48.2 Å². The lowest BCUT2D eigenvalue weighted by Crippen LogP contribution is -2.35. The van der Waals surface area contributed by atoms with Crippen molar-refractivity contribution in [3.63, 3.8) is 0 Å². The summed E-state index contributed by atoms with van der Waals surface area (Å²) >= 11 is 0. The third-order valence-corrected chi connectivity index (χ3v) is 4.64. The zero-order chi connectivity index (χ0) is 17.6. The predicted molar refractivity (Wildman–Crippen MR) is 96.4 cm³/mol. The highest BCUT2D eigenvalue weighted by atomic mass is 16.1. The first kappa shape index (κ1) is 17.4. The molecule has 3 rings (SSSR count). The van der Waals surface area contributed by atoms with Gasteiger partial charge in [0.05, 0.1) is 25.0 Å². The van der Waals surface area contributed by atoms with Gasteiger partial charge in [-0.05, 0) is 31.7 Å². The second-order valence-electron chi connectivity index (χ2n) is 6.62. The van der Waals surface area contributed by atoms with Gasteiger partial charge >= 0.3 is 0 Å². The van der Waals surface area contributed by atoms with Crippen LogP contribution in [0.5, 0.6) is 0 Å². The third-order valence-electron chi connectivity index (χ3n) is 4.64. The fraction of sp³-hybridized carbons (Fsp3) is 0.421. The van der Waals surface area contributed by atoms with Crippen LogP contribution in [0.4, 0.5) is 0 Å². The Morgan fingerprint density at radius 2 is 2.16 bits per heavy atom. The average molecular weight is 339 g/mol. The Labute approximate surface area is 148 Å². The maximum absolute atomic E-state index is 11.5. The quantitative estimate of drug-likeness (QED) is 0.749. The Balaban J connectivity index is 1.69. The summed E-state index contributed by atoms with van der Waals surface area (Å²) in [6.45, 7) is 3.61. The van der Waals surface area contributed by atoms with Gasteiger partial charge in [0, 0.05) is 12.6 Å². The van der Waals surface area contributed by atoms with E-state index in [9.17, 15) is 4.79 Å². The predicted octanol–water partition coefficient (Wildman–Crippen LogP) is 2.44. The van der Waals surface area contributed by atoms with Crippen molar-refractivity contribution in [1.29, 1.82) is 0 Å². The van der Waals surface area contributed by atoms with Gasteiger partial charge in [0.2, 0.25) is 5.91 Å². The topological polar surface area (TPSA) is 77.0 Å². The standard InChI is InChI=1S/C19H25N5O/c1-15(17-9-3-2-4-10-17)23(14-19(20)25)12-18-13-24(22-21-18)11-16-7-5-6-8-16/h2-4,7,9-10,13,15H,5-6,8,11-12,14H2,1H3,(H2,20,25)/t15-/m1/s1. The molecule has 0 unspecified atom stereocenters. The van der Waals surface area contributed by atoms with Gasteiger partial charge in [0.1, 0.15) is 0 Å². The molecule has 1 aliphatic carbocycles. The zero-order valence-corrected chi connectivity index (χ0v) is 14.6. The van der Waals surface area contributed by atoms with Crippen LogP contribution in [-0.4, -0.2) is 32.3 Å². The molecule has 1 aliphatic rings. The Morgan fingerprint density at radius 1 is 1.36 bits per heavy atom.